The molecule has 4 heterocycles. The molecular weight excluding hydrogens is 975 g/mol. The van der Waals surface area contributed by atoms with Crippen LogP contribution >= 0.6 is 0 Å². The van der Waals surface area contributed by atoms with Gasteiger partial charge in [0.25, 0.3) is 0 Å². The Morgan fingerprint density at radius 3 is 2.11 bits per heavy atom. The molecule has 4 aromatic heterocycles. The first-order chi connectivity index (χ1) is 32.2. The third kappa shape index (κ3) is 7.90. The van der Waals surface area contributed by atoms with Gasteiger partial charge in [0.05, 0.1) is 27.8 Å². The normalized spacial score (nSPS) is 12.7. The van der Waals surface area contributed by atoms with E-state index in [0.29, 0.717) is 38.9 Å². The number of furan rings is 2. The minimum Gasteiger partial charge on any atom is -0.500 e. The zero-order valence-corrected chi connectivity index (χ0v) is 40.0. The van der Waals surface area contributed by atoms with Crippen molar-refractivity contribution in [2.45, 2.75) is 72.6 Å². The third-order valence-corrected chi connectivity index (χ3v) is 12.2. The van der Waals surface area contributed by atoms with Crippen molar-refractivity contribution in [3.05, 3.63) is 186 Å². The van der Waals surface area contributed by atoms with E-state index in [1.54, 1.807) is 6.07 Å². The van der Waals surface area contributed by atoms with Crippen LogP contribution in [0.2, 0.25) is 0 Å². The van der Waals surface area contributed by atoms with Gasteiger partial charge in [0.15, 0.2) is 0 Å². The number of imidazole rings is 1. The Morgan fingerprint density at radius 1 is 0.662 bits per heavy atom. The number of benzene rings is 7. The molecule has 5 nitrogen and oxygen atoms in total. The molecule has 0 N–H and O–H groups in total. The molecular formula is C59H51IrN3O2-2. The summed E-state index contributed by atoms with van der Waals surface area (Å²) in [6.45, 7) is 13.1. The quantitative estimate of drug-likeness (QED) is 0.156. The van der Waals surface area contributed by atoms with E-state index in [9.17, 15) is 0 Å². The molecule has 0 saturated heterocycles. The molecule has 0 unspecified atom stereocenters. The molecule has 11 aromatic rings. The molecule has 0 saturated carbocycles. The molecule has 0 atom stereocenters. The fourth-order valence-corrected chi connectivity index (χ4v) is 8.89. The number of hydrogen-bond donors (Lipinski definition) is 0. The molecule has 65 heavy (non-hydrogen) atoms. The van der Waals surface area contributed by atoms with Crippen LogP contribution in [0, 0.1) is 19.0 Å². The first-order valence-electron chi connectivity index (χ1n) is 23.5. The monoisotopic (exact) mass is 1030 g/mol. The molecule has 0 aliphatic carbocycles. The van der Waals surface area contributed by atoms with Crippen molar-refractivity contribution in [2.24, 2.45) is 0 Å². The number of aryl methyl sites for hydroxylation is 1. The molecule has 6 heteroatoms. The summed E-state index contributed by atoms with van der Waals surface area (Å²) in [5.74, 6) is 1.01. The van der Waals surface area contributed by atoms with Crippen LogP contribution in [0.1, 0.15) is 86.7 Å². The average molecular weight is 1030 g/mol. The minimum atomic E-state index is -2.40. The first-order valence-corrected chi connectivity index (χ1v) is 22.0. The number of rotatable bonds is 6. The summed E-state index contributed by atoms with van der Waals surface area (Å²) in [6.07, 6.45) is 1.87. The summed E-state index contributed by atoms with van der Waals surface area (Å²) in [5, 5.41) is 2.98. The molecule has 0 bridgehead atoms. The van der Waals surface area contributed by atoms with Crippen molar-refractivity contribution in [3.8, 4) is 39.5 Å². The van der Waals surface area contributed by atoms with E-state index < -0.39 is 6.85 Å². The van der Waals surface area contributed by atoms with Gasteiger partial charge in [-0.1, -0.05) is 133 Å². The first kappa shape index (κ1) is 40.0. The maximum absolute atomic E-state index is 8.55. The molecule has 0 fully saturated rings. The average Bonchev–Trinajstić information content (AvgIpc) is 4.03. The second-order valence-electron chi connectivity index (χ2n) is 18.2. The topological polar surface area (TPSA) is 57.0 Å². The van der Waals surface area contributed by atoms with Crippen molar-refractivity contribution in [1.82, 2.24) is 14.5 Å². The Labute approximate surface area is 398 Å². The van der Waals surface area contributed by atoms with Crippen molar-refractivity contribution in [3.63, 3.8) is 0 Å². The van der Waals surface area contributed by atoms with Gasteiger partial charge in [0.2, 0.25) is 0 Å². The summed E-state index contributed by atoms with van der Waals surface area (Å²) in [7, 11) is 0. The van der Waals surface area contributed by atoms with Crippen LogP contribution in [0.5, 0.6) is 0 Å². The number of nitrogens with zero attached hydrogens (tertiary/aromatic N) is 3. The molecule has 325 valence electrons. The van der Waals surface area contributed by atoms with E-state index >= 15 is 0 Å². The third-order valence-electron chi connectivity index (χ3n) is 12.2. The maximum atomic E-state index is 8.55. The Balaban J connectivity index is 0.000000289. The zero-order valence-electron chi connectivity index (χ0n) is 40.6. The van der Waals surface area contributed by atoms with E-state index in [1.165, 1.54) is 27.8 Å². The summed E-state index contributed by atoms with van der Waals surface area (Å²) < 4.78 is 41.0. The molecule has 7 aromatic carbocycles. The number of fused-ring (bicyclic) bond motifs is 8. The van der Waals surface area contributed by atoms with Crippen molar-refractivity contribution < 1.29 is 33.1 Å². The van der Waals surface area contributed by atoms with E-state index in [-0.39, 0.29) is 42.9 Å². The number of para-hydroxylation sites is 3. The SMILES string of the molecule is CC(C)(C)c1ccnc(-c2[c-]cccc2)c1.[2H]C([2H])([2H])c1c[c-]c(-c2nc3ccccc3n2-c2c(C(C)C)cc(-c3ccccc3)cc2C(C)C)c2oc3c(ccc4oc5ccccc5c43)c12.[Ir]. The number of pyridine rings is 1. The van der Waals surface area contributed by atoms with Crippen LogP contribution in [-0.2, 0) is 25.5 Å². The fourth-order valence-electron chi connectivity index (χ4n) is 8.89. The van der Waals surface area contributed by atoms with Gasteiger partial charge in [-0.05, 0) is 99.3 Å². The zero-order chi connectivity index (χ0) is 46.8. The van der Waals surface area contributed by atoms with E-state index in [0.717, 1.165) is 44.3 Å². The van der Waals surface area contributed by atoms with Crippen LogP contribution in [0.15, 0.2) is 161 Å². The predicted octanol–water partition coefficient (Wildman–Crippen LogP) is 16.4. The van der Waals surface area contributed by atoms with Crippen LogP contribution in [-0.4, -0.2) is 14.5 Å². The predicted molar refractivity (Wildman–Crippen MR) is 265 cm³/mol. The van der Waals surface area contributed by atoms with Gasteiger partial charge in [-0.25, -0.2) is 0 Å². The second kappa shape index (κ2) is 17.4. The molecule has 0 spiro atoms. The molecule has 11 rings (SSSR count). The number of aromatic nitrogens is 3. The van der Waals surface area contributed by atoms with Gasteiger partial charge in [-0.3, -0.25) is 4.98 Å². The Hall–Kier alpha value is -6.59. The van der Waals surface area contributed by atoms with Gasteiger partial charge in [0.1, 0.15) is 16.7 Å². The molecule has 0 amide bonds. The van der Waals surface area contributed by atoms with Gasteiger partial charge in [-0.2, -0.15) is 0 Å². The Bertz CT molecular complexity index is 3590. The van der Waals surface area contributed by atoms with Gasteiger partial charge < -0.3 is 18.4 Å². The summed E-state index contributed by atoms with van der Waals surface area (Å²) in [5.41, 5.74) is 14.3. The summed E-state index contributed by atoms with van der Waals surface area (Å²) >= 11 is 0. The standard InChI is InChI=1S/C44H35N2O2.C15H16N.Ir/c1-25(2)33-23-29(28-13-7-6-8-14-28)24-34(26(3)4)41(33)46-36-17-11-10-16-35(36)45-44(46)32-20-19-27(5)39-31-21-22-38-40(42(31)48-43(32)39)30-15-9-12-18-37(30)47-38;1-15(2,3)13-9-10-16-14(11-13)12-7-5-4-6-8-12;/h6-19,21-26H,1-5H3;4-7,9-11H,1-3H3;/q2*-1;/i5D3;;. The van der Waals surface area contributed by atoms with Crippen molar-refractivity contribution in [1.29, 1.82) is 0 Å². The van der Waals surface area contributed by atoms with Crippen molar-refractivity contribution in [2.75, 3.05) is 0 Å². The molecule has 1 radical (unpaired) electrons. The minimum absolute atomic E-state index is 0. The Morgan fingerprint density at radius 2 is 1.38 bits per heavy atom. The van der Waals surface area contributed by atoms with Crippen LogP contribution in [0.4, 0.5) is 0 Å². The van der Waals surface area contributed by atoms with E-state index in [1.807, 2.05) is 91.1 Å². The molecule has 0 aliphatic heterocycles. The second-order valence-corrected chi connectivity index (χ2v) is 18.2. The van der Waals surface area contributed by atoms with Crippen molar-refractivity contribution >= 4 is 54.9 Å². The summed E-state index contributed by atoms with van der Waals surface area (Å²) in [4.78, 5) is 9.66. The smallest absolute Gasteiger partial charge is 0.139 e. The van der Waals surface area contributed by atoms with Crippen LogP contribution in [0.3, 0.4) is 0 Å². The largest absolute Gasteiger partial charge is 0.500 e. The van der Waals surface area contributed by atoms with Gasteiger partial charge >= 0.3 is 0 Å². The van der Waals surface area contributed by atoms with Crippen LogP contribution < -0.4 is 0 Å². The Kier molecular flexibility index (Phi) is 10.7. The number of hydrogen-bond acceptors (Lipinski definition) is 4. The molecule has 0 aliphatic rings. The summed E-state index contributed by atoms with van der Waals surface area (Å²) in [6, 6.07) is 55.3. The van der Waals surface area contributed by atoms with Crippen LogP contribution in [0.25, 0.3) is 94.4 Å². The van der Waals surface area contributed by atoms with E-state index in [4.69, 9.17) is 17.9 Å². The fraction of sp³-hybridized carbons (Fsp3) is 0.186. The van der Waals surface area contributed by atoms with E-state index in [2.05, 4.69) is 125 Å². The van der Waals surface area contributed by atoms with Gasteiger partial charge in [0, 0.05) is 46.9 Å². The maximum Gasteiger partial charge on any atom is 0.139 e. The van der Waals surface area contributed by atoms with Gasteiger partial charge in [-0.15, -0.1) is 53.6 Å².